The van der Waals surface area contributed by atoms with Gasteiger partial charge in [-0.15, -0.1) is 0 Å². The second-order valence-electron chi connectivity index (χ2n) is 6.42. The van der Waals surface area contributed by atoms with E-state index in [9.17, 15) is 4.79 Å². The Balaban J connectivity index is 1.78. The Hall–Kier alpha value is -2.82. The van der Waals surface area contributed by atoms with E-state index in [4.69, 9.17) is 28.2 Å². The van der Waals surface area contributed by atoms with Gasteiger partial charge in [0.1, 0.15) is 12.4 Å². The van der Waals surface area contributed by atoms with Crippen LogP contribution in [0.3, 0.4) is 0 Å². The molecule has 0 atom stereocenters. The number of para-hydroxylation sites is 3. The largest absolute Gasteiger partial charge is 0.314 e. The first-order chi connectivity index (χ1) is 13.5. The lowest BCUT2D eigenvalue weighted by Crippen LogP contribution is -2.30. The number of imidazole rings is 1. The topological polar surface area (TPSA) is 38.1 Å². The molecular formula is C22H17Cl2N3O. The molecule has 4 nitrogen and oxygen atoms in total. The van der Waals surface area contributed by atoms with Gasteiger partial charge in [-0.1, -0.05) is 53.5 Å². The summed E-state index contributed by atoms with van der Waals surface area (Å²) in [7, 11) is 1.77. The number of rotatable bonds is 4. The van der Waals surface area contributed by atoms with Gasteiger partial charge in [-0.25, -0.2) is 4.98 Å². The smallest absolute Gasteiger partial charge is 0.246 e. The maximum atomic E-state index is 13.0. The number of amides is 1. The zero-order chi connectivity index (χ0) is 19.7. The quantitative estimate of drug-likeness (QED) is 0.435. The number of carbonyl (C=O) groups is 1. The maximum absolute atomic E-state index is 13.0. The Labute approximate surface area is 172 Å². The van der Waals surface area contributed by atoms with E-state index in [1.54, 1.807) is 24.1 Å². The number of hydrogen-bond acceptors (Lipinski definition) is 2. The lowest BCUT2D eigenvalue weighted by atomic mass is 10.2. The molecule has 0 saturated carbocycles. The Morgan fingerprint density at radius 2 is 1.71 bits per heavy atom. The highest BCUT2D eigenvalue weighted by Gasteiger charge is 2.19. The van der Waals surface area contributed by atoms with Crippen molar-refractivity contribution in [2.75, 3.05) is 11.9 Å². The van der Waals surface area contributed by atoms with Gasteiger partial charge in [0, 0.05) is 23.3 Å². The van der Waals surface area contributed by atoms with Crippen molar-refractivity contribution in [1.82, 2.24) is 9.55 Å². The highest BCUT2D eigenvalue weighted by atomic mass is 35.5. The number of anilines is 1. The molecule has 0 aliphatic heterocycles. The molecule has 0 radical (unpaired) electrons. The number of hydrogen-bond donors (Lipinski definition) is 0. The lowest BCUT2D eigenvalue weighted by Gasteiger charge is -2.19. The van der Waals surface area contributed by atoms with Gasteiger partial charge < -0.3 is 9.47 Å². The van der Waals surface area contributed by atoms with E-state index in [2.05, 4.69) is 0 Å². The molecule has 0 spiro atoms. The van der Waals surface area contributed by atoms with Crippen LogP contribution in [0.2, 0.25) is 10.0 Å². The van der Waals surface area contributed by atoms with E-state index in [1.807, 2.05) is 65.2 Å². The van der Waals surface area contributed by atoms with Crippen LogP contribution in [-0.4, -0.2) is 22.5 Å². The van der Waals surface area contributed by atoms with Gasteiger partial charge in [0.2, 0.25) is 5.91 Å². The van der Waals surface area contributed by atoms with Crippen molar-refractivity contribution in [2.45, 2.75) is 6.54 Å². The predicted octanol–water partition coefficient (Wildman–Crippen LogP) is 5.67. The zero-order valence-corrected chi connectivity index (χ0v) is 16.7. The Kier molecular flexibility index (Phi) is 5.07. The minimum absolute atomic E-state index is 0.0549. The molecule has 0 aliphatic carbocycles. The summed E-state index contributed by atoms with van der Waals surface area (Å²) in [5.74, 6) is 0.582. The molecule has 4 aromatic rings. The molecule has 0 fully saturated rings. The fourth-order valence-corrected chi connectivity index (χ4v) is 3.64. The second-order valence-corrected chi connectivity index (χ2v) is 7.27. The van der Waals surface area contributed by atoms with Crippen molar-refractivity contribution in [3.05, 3.63) is 82.8 Å². The van der Waals surface area contributed by atoms with Gasteiger partial charge in [0.05, 0.1) is 16.1 Å². The summed E-state index contributed by atoms with van der Waals surface area (Å²) < 4.78 is 1.90. The van der Waals surface area contributed by atoms with Gasteiger partial charge in [0.25, 0.3) is 0 Å². The van der Waals surface area contributed by atoms with Gasteiger partial charge in [-0.05, 0) is 42.5 Å². The van der Waals surface area contributed by atoms with Gasteiger partial charge in [0.15, 0.2) is 0 Å². The Morgan fingerprint density at radius 1 is 1.00 bits per heavy atom. The van der Waals surface area contributed by atoms with E-state index < -0.39 is 0 Å². The van der Waals surface area contributed by atoms with Crippen LogP contribution in [0.1, 0.15) is 0 Å². The molecule has 1 aromatic heterocycles. The molecule has 3 aromatic carbocycles. The normalized spacial score (nSPS) is 11.0. The minimum atomic E-state index is -0.0549. The van der Waals surface area contributed by atoms with Crippen LogP contribution in [0.25, 0.3) is 22.4 Å². The number of benzene rings is 3. The number of aromatic nitrogens is 2. The lowest BCUT2D eigenvalue weighted by molar-refractivity contribution is -0.118. The number of halogens is 2. The van der Waals surface area contributed by atoms with Crippen molar-refractivity contribution >= 4 is 45.8 Å². The van der Waals surface area contributed by atoms with Crippen LogP contribution in [0, 0.1) is 0 Å². The molecule has 0 saturated heterocycles. The molecule has 0 aliphatic rings. The number of nitrogens with zero attached hydrogens (tertiary/aromatic N) is 3. The molecule has 28 heavy (non-hydrogen) atoms. The highest BCUT2D eigenvalue weighted by molar-refractivity contribution is 6.36. The summed E-state index contributed by atoms with van der Waals surface area (Å²) in [4.78, 5) is 19.4. The van der Waals surface area contributed by atoms with Gasteiger partial charge in [-0.3, -0.25) is 4.79 Å². The van der Waals surface area contributed by atoms with E-state index in [1.165, 1.54) is 0 Å². The van der Waals surface area contributed by atoms with Crippen molar-refractivity contribution in [2.24, 2.45) is 0 Å². The fraction of sp³-hybridized carbons (Fsp3) is 0.0909. The van der Waals surface area contributed by atoms with E-state index >= 15 is 0 Å². The predicted molar refractivity (Wildman–Crippen MR) is 115 cm³/mol. The minimum Gasteiger partial charge on any atom is -0.314 e. The SMILES string of the molecule is CN(C(=O)Cn1c(-c2ccc(Cl)cc2Cl)nc2ccccc21)c1ccccc1. The standard InChI is InChI=1S/C22H17Cl2N3O/c1-26(16-7-3-2-4-8-16)21(28)14-27-20-10-6-5-9-19(20)25-22(27)17-12-11-15(23)13-18(17)24/h2-13H,14H2,1H3. The number of fused-ring (bicyclic) bond motifs is 1. The Morgan fingerprint density at radius 3 is 2.46 bits per heavy atom. The van der Waals surface area contributed by atoms with Crippen LogP contribution in [0.15, 0.2) is 72.8 Å². The monoisotopic (exact) mass is 409 g/mol. The second kappa shape index (κ2) is 7.66. The third-order valence-electron chi connectivity index (χ3n) is 4.64. The zero-order valence-electron chi connectivity index (χ0n) is 15.1. The van der Waals surface area contributed by atoms with Crippen LogP contribution in [-0.2, 0) is 11.3 Å². The van der Waals surface area contributed by atoms with E-state index in [0.717, 1.165) is 22.3 Å². The van der Waals surface area contributed by atoms with E-state index in [0.29, 0.717) is 15.9 Å². The fourth-order valence-electron chi connectivity index (χ4n) is 3.15. The first-order valence-corrected chi connectivity index (χ1v) is 9.52. The van der Waals surface area contributed by atoms with Crippen LogP contribution in [0.4, 0.5) is 5.69 Å². The van der Waals surface area contributed by atoms with Crippen molar-refractivity contribution < 1.29 is 4.79 Å². The van der Waals surface area contributed by atoms with Gasteiger partial charge >= 0.3 is 0 Å². The van der Waals surface area contributed by atoms with Crippen LogP contribution >= 0.6 is 23.2 Å². The van der Waals surface area contributed by atoms with Gasteiger partial charge in [-0.2, -0.15) is 0 Å². The van der Waals surface area contributed by atoms with E-state index in [-0.39, 0.29) is 12.5 Å². The first kappa shape index (κ1) is 18.5. The molecule has 1 heterocycles. The molecule has 6 heteroatoms. The molecule has 0 N–H and O–H groups in total. The maximum Gasteiger partial charge on any atom is 0.246 e. The number of likely N-dealkylation sites (N-methyl/N-ethyl adjacent to an activating group) is 1. The molecule has 4 rings (SSSR count). The molecule has 0 unspecified atom stereocenters. The molecule has 140 valence electrons. The average molecular weight is 410 g/mol. The number of carbonyl (C=O) groups excluding carboxylic acids is 1. The highest BCUT2D eigenvalue weighted by Crippen LogP contribution is 2.32. The molecule has 0 bridgehead atoms. The Bertz CT molecular complexity index is 1160. The summed E-state index contributed by atoms with van der Waals surface area (Å²) in [6, 6.07) is 22.5. The summed E-state index contributed by atoms with van der Waals surface area (Å²) in [6.45, 7) is 0.139. The molecular weight excluding hydrogens is 393 g/mol. The first-order valence-electron chi connectivity index (χ1n) is 8.77. The van der Waals surface area contributed by atoms with Crippen molar-refractivity contribution in [3.63, 3.8) is 0 Å². The van der Waals surface area contributed by atoms with Crippen molar-refractivity contribution in [1.29, 1.82) is 0 Å². The van der Waals surface area contributed by atoms with Crippen LogP contribution in [0.5, 0.6) is 0 Å². The third-order valence-corrected chi connectivity index (χ3v) is 5.19. The van der Waals surface area contributed by atoms with Crippen molar-refractivity contribution in [3.8, 4) is 11.4 Å². The molecule has 1 amide bonds. The average Bonchev–Trinajstić information content (AvgIpc) is 3.06. The summed E-state index contributed by atoms with van der Waals surface area (Å²) in [5.41, 5.74) is 3.25. The summed E-state index contributed by atoms with van der Waals surface area (Å²) in [5, 5.41) is 1.05. The third kappa shape index (κ3) is 3.49. The van der Waals surface area contributed by atoms with Crippen LogP contribution < -0.4 is 4.90 Å². The summed E-state index contributed by atoms with van der Waals surface area (Å²) >= 11 is 12.5. The summed E-state index contributed by atoms with van der Waals surface area (Å²) in [6.07, 6.45) is 0.